The molecule has 0 amide bonds. The highest BCUT2D eigenvalue weighted by atomic mass is 16.5. The fraction of sp³-hybridized carbons (Fsp3) is 0.400. The summed E-state index contributed by atoms with van der Waals surface area (Å²) in [6.45, 7) is 1.54. The fourth-order valence-corrected chi connectivity index (χ4v) is 1.67. The van der Waals surface area contributed by atoms with Crippen molar-refractivity contribution in [1.82, 2.24) is 0 Å². The number of nitrogens with two attached hydrogens (primary N) is 1. The van der Waals surface area contributed by atoms with Gasteiger partial charge in [-0.1, -0.05) is 18.2 Å². The van der Waals surface area contributed by atoms with Crippen LogP contribution < -0.4 is 10.5 Å². The quantitative estimate of drug-likeness (QED) is 0.717. The van der Waals surface area contributed by atoms with E-state index in [0.29, 0.717) is 5.92 Å². The Labute approximate surface area is 72.3 Å². The third-order valence-electron chi connectivity index (χ3n) is 2.31. The molecule has 0 spiro atoms. The van der Waals surface area contributed by atoms with Crippen molar-refractivity contribution >= 4 is 0 Å². The smallest absolute Gasteiger partial charge is 0.122 e. The number of hydrogen-bond donors (Lipinski definition) is 1. The van der Waals surface area contributed by atoms with Gasteiger partial charge in [0.1, 0.15) is 5.75 Å². The van der Waals surface area contributed by atoms with Crippen LogP contribution >= 0.6 is 0 Å². The molecular formula is C10H13NO. The van der Waals surface area contributed by atoms with Gasteiger partial charge in [-0.25, -0.2) is 0 Å². The van der Waals surface area contributed by atoms with Gasteiger partial charge in [0.05, 0.1) is 6.61 Å². The van der Waals surface area contributed by atoms with Crippen molar-refractivity contribution in [1.29, 1.82) is 0 Å². The van der Waals surface area contributed by atoms with Crippen LogP contribution in [0.15, 0.2) is 24.3 Å². The summed E-state index contributed by atoms with van der Waals surface area (Å²) in [6.07, 6.45) is 1.02. The molecular weight excluding hydrogens is 150 g/mol. The zero-order valence-electron chi connectivity index (χ0n) is 6.99. The van der Waals surface area contributed by atoms with E-state index in [1.807, 2.05) is 12.1 Å². The molecule has 12 heavy (non-hydrogen) atoms. The van der Waals surface area contributed by atoms with Crippen molar-refractivity contribution in [3.05, 3.63) is 29.8 Å². The van der Waals surface area contributed by atoms with E-state index in [1.165, 1.54) is 5.56 Å². The molecule has 0 saturated carbocycles. The van der Waals surface area contributed by atoms with E-state index in [4.69, 9.17) is 10.5 Å². The van der Waals surface area contributed by atoms with Gasteiger partial charge >= 0.3 is 0 Å². The highest BCUT2D eigenvalue weighted by molar-refractivity contribution is 5.39. The molecule has 0 radical (unpaired) electrons. The van der Waals surface area contributed by atoms with Crippen LogP contribution in [0.2, 0.25) is 0 Å². The number of fused-ring (bicyclic) bond motifs is 1. The Morgan fingerprint density at radius 1 is 1.42 bits per heavy atom. The van der Waals surface area contributed by atoms with Crippen molar-refractivity contribution in [3.63, 3.8) is 0 Å². The van der Waals surface area contributed by atoms with E-state index in [9.17, 15) is 0 Å². The first-order valence-corrected chi connectivity index (χ1v) is 4.33. The molecule has 0 aliphatic carbocycles. The second kappa shape index (κ2) is 3.15. The Morgan fingerprint density at radius 3 is 3.08 bits per heavy atom. The third kappa shape index (κ3) is 1.18. The fourth-order valence-electron chi connectivity index (χ4n) is 1.67. The van der Waals surface area contributed by atoms with Crippen molar-refractivity contribution < 1.29 is 4.74 Å². The minimum Gasteiger partial charge on any atom is -0.493 e. The summed E-state index contributed by atoms with van der Waals surface area (Å²) in [5.74, 6) is 1.56. The summed E-state index contributed by atoms with van der Waals surface area (Å²) < 4.78 is 5.51. The lowest BCUT2D eigenvalue weighted by Gasteiger charge is -2.04. The standard InChI is InChI=1S/C10H13NO/c11-6-5-8-7-12-10-4-2-1-3-9(8)10/h1-4,8H,5-7,11H2/t8-/m1/s1. The molecule has 0 bridgehead atoms. The summed E-state index contributed by atoms with van der Waals surface area (Å²) in [6, 6.07) is 8.20. The molecule has 1 aliphatic heterocycles. The van der Waals surface area contributed by atoms with Crippen LogP contribution in [0.5, 0.6) is 5.75 Å². The van der Waals surface area contributed by atoms with E-state index in [0.717, 1.165) is 25.3 Å². The molecule has 2 N–H and O–H groups in total. The summed E-state index contributed by atoms with van der Waals surface area (Å²) in [7, 11) is 0. The van der Waals surface area contributed by atoms with E-state index >= 15 is 0 Å². The van der Waals surface area contributed by atoms with E-state index < -0.39 is 0 Å². The second-order valence-electron chi connectivity index (χ2n) is 3.12. The van der Waals surface area contributed by atoms with Gasteiger partial charge in [0.25, 0.3) is 0 Å². The van der Waals surface area contributed by atoms with E-state index in [2.05, 4.69) is 12.1 Å². The Hall–Kier alpha value is -1.02. The Morgan fingerprint density at radius 2 is 2.25 bits per heavy atom. The zero-order valence-corrected chi connectivity index (χ0v) is 6.99. The van der Waals surface area contributed by atoms with Crippen LogP contribution in [0.1, 0.15) is 17.9 Å². The molecule has 1 aliphatic rings. The molecule has 2 nitrogen and oxygen atoms in total. The highest BCUT2D eigenvalue weighted by Gasteiger charge is 2.22. The molecule has 0 unspecified atom stereocenters. The molecule has 1 aromatic carbocycles. The predicted molar refractivity (Wildman–Crippen MR) is 48.3 cm³/mol. The van der Waals surface area contributed by atoms with Crippen LogP contribution in [0.25, 0.3) is 0 Å². The van der Waals surface area contributed by atoms with E-state index in [1.54, 1.807) is 0 Å². The lowest BCUT2D eigenvalue weighted by atomic mass is 9.98. The SMILES string of the molecule is NCC[C@@H]1COc2ccccc21. The van der Waals surface area contributed by atoms with Gasteiger partial charge in [-0.15, -0.1) is 0 Å². The summed E-state index contributed by atoms with van der Waals surface area (Å²) >= 11 is 0. The van der Waals surface area contributed by atoms with Crippen LogP contribution in [0, 0.1) is 0 Å². The summed E-state index contributed by atoms with van der Waals surface area (Å²) in [4.78, 5) is 0. The number of rotatable bonds is 2. The largest absolute Gasteiger partial charge is 0.493 e. The molecule has 1 aromatic rings. The summed E-state index contributed by atoms with van der Waals surface area (Å²) in [5.41, 5.74) is 6.83. The van der Waals surface area contributed by atoms with Crippen LogP contribution in [-0.2, 0) is 0 Å². The second-order valence-corrected chi connectivity index (χ2v) is 3.12. The van der Waals surface area contributed by atoms with Crippen LogP contribution in [0.4, 0.5) is 0 Å². The molecule has 0 fully saturated rings. The molecule has 64 valence electrons. The van der Waals surface area contributed by atoms with E-state index in [-0.39, 0.29) is 0 Å². The lowest BCUT2D eigenvalue weighted by molar-refractivity contribution is 0.326. The topological polar surface area (TPSA) is 35.2 Å². The highest BCUT2D eigenvalue weighted by Crippen LogP contribution is 2.34. The van der Waals surface area contributed by atoms with Gasteiger partial charge < -0.3 is 10.5 Å². The normalized spacial score (nSPS) is 20.2. The molecule has 2 heteroatoms. The average molecular weight is 163 g/mol. The first-order chi connectivity index (χ1) is 5.92. The van der Waals surface area contributed by atoms with Gasteiger partial charge in [0.2, 0.25) is 0 Å². The first-order valence-electron chi connectivity index (χ1n) is 4.33. The molecule has 0 saturated heterocycles. The Kier molecular flexibility index (Phi) is 2.00. The van der Waals surface area contributed by atoms with Crippen molar-refractivity contribution in [3.8, 4) is 5.75 Å². The zero-order chi connectivity index (χ0) is 8.39. The van der Waals surface area contributed by atoms with Crippen molar-refractivity contribution in [2.24, 2.45) is 5.73 Å². The average Bonchev–Trinajstić information content (AvgIpc) is 2.50. The predicted octanol–water partition coefficient (Wildman–Crippen LogP) is 1.51. The first kappa shape index (κ1) is 7.62. The number of benzene rings is 1. The van der Waals surface area contributed by atoms with Gasteiger partial charge in [-0.2, -0.15) is 0 Å². The molecule has 1 atom stereocenters. The van der Waals surface area contributed by atoms with Crippen molar-refractivity contribution in [2.75, 3.05) is 13.2 Å². The monoisotopic (exact) mass is 163 g/mol. The molecule has 0 aromatic heterocycles. The number of ether oxygens (including phenoxy) is 1. The van der Waals surface area contributed by atoms with Gasteiger partial charge in [0.15, 0.2) is 0 Å². The molecule has 2 rings (SSSR count). The summed E-state index contributed by atoms with van der Waals surface area (Å²) in [5, 5.41) is 0. The van der Waals surface area contributed by atoms with Crippen LogP contribution in [0.3, 0.4) is 0 Å². The van der Waals surface area contributed by atoms with Gasteiger partial charge in [0, 0.05) is 11.5 Å². The van der Waals surface area contributed by atoms with Gasteiger partial charge in [-0.3, -0.25) is 0 Å². The Bertz CT molecular complexity index is 270. The number of para-hydroxylation sites is 1. The maximum atomic E-state index is 5.51. The lowest BCUT2D eigenvalue weighted by Crippen LogP contribution is -2.08. The number of hydrogen-bond acceptors (Lipinski definition) is 2. The van der Waals surface area contributed by atoms with Crippen LogP contribution in [-0.4, -0.2) is 13.2 Å². The van der Waals surface area contributed by atoms with Crippen molar-refractivity contribution in [2.45, 2.75) is 12.3 Å². The Balaban J connectivity index is 2.24. The molecule has 1 heterocycles. The maximum absolute atomic E-state index is 5.51. The minimum atomic E-state index is 0.520. The maximum Gasteiger partial charge on any atom is 0.122 e. The minimum absolute atomic E-state index is 0.520. The van der Waals surface area contributed by atoms with Gasteiger partial charge in [-0.05, 0) is 19.0 Å². The third-order valence-corrected chi connectivity index (χ3v) is 2.31.